The Balaban J connectivity index is -0.0000000450. The first-order chi connectivity index (χ1) is 1.73. The second kappa shape index (κ2) is 9.11. The van der Waals surface area contributed by atoms with E-state index in [1.165, 1.54) is 0 Å². The average Bonchev–Trinajstić information content (AvgIpc) is 0.811. The molecule has 0 spiro atoms. The minimum Gasteiger partial charge on any atom is -0.550 e. The molecular weight excluding hydrogens is 89.8 g/mol. The van der Waals surface area contributed by atoms with Gasteiger partial charge in [-0.15, -0.1) is 0 Å². The number of aliphatic carboxylic acids is 1. The van der Waals surface area contributed by atoms with Gasteiger partial charge in [-0.05, 0) is 6.92 Å². The van der Waals surface area contributed by atoms with Gasteiger partial charge in [-0.1, -0.05) is 0 Å². The minimum atomic E-state index is -1.08. The van der Waals surface area contributed by atoms with E-state index in [0.29, 0.717) is 0 Å². The molecule has 0 radical (unpaired) electrons. The zero-order valence-electron chi connectivity index (χ0n) is 3.32. The molecule has 0 saturated carbocycles. The Morgan fingerprint density at radius 1 is 1.67 bits per heavy atom. The molecule has 0 saturated heterocycles. The Labute approximate surface area is 60.8 Å². The second-order valence-electron chi connectivity index (χ2n) is 0.492. The molecule has 0 aromatic carbocycles. The van der Waals surface area contributed by atoms with Crippen molar-refractivity contribution in [3.63, 3.8) is 0 Å². The van der Waals surface area contributed by atoms with Crippen molar-refractivity contribution < 1.29 is 39.5 Å². The summed E-state index contributed by atoms with van der Waals surface area (Å²) in [6, 6.07) is 0. The molecule has 0 atom stereocenters. The van der Waals surface area contributed by atoms with E-state index in [1.807, 2.05) is 0 Å². The molecule has 0 aromatic heterocycles. The fourth-order valence-electron chi connectivity index (χ4n) is 0. The Bertz CT molecular complexity index is 34.5. The van der Waals surface area contributed by atoms with E-state index in [9.17, 15) is 0 Å². The van der Waals surface area contributed by atoms with Crippen LogP contribution in [0.2, 0.25) is 0 Å². The third-order valence-corrected chi connectivity index (χ3v) is 0. The third kappa shape index (κ3) is 198. The van der Waals surface area contributed by atoms with E-state index < -0.39 is 5.97 Å². The maximum absolute atomic E-state index is 8.89. The van der Waals surface area contributed by atoms with E-state index in [-0.39, 0.29) is 38.0 Å². The van der Waals surface area contributed by atoms with Crippen LogP contribution in [-0.4, -0.2) is 14.4 Å². The van der Waals surface area contributed by atoms with Gasteiger partial charge in [0.05, 0.1) is 8.41 Å². The molecule has 0 N–H and O–H groups in total. The van der Waals surface area contributed by atoms with Crippen molar-refractivity contribution in [1.29, 1.82) is 0 Å². The monoisotopic (exact) mass is 96.0 g/mol. The van der Waals surface area contributed by atoms with E-state index in [0.717, 1.165) is 6.92 Å². The predicted octanol–water partition coefficient (Wildman–Crippen LogP) is -5.42. The molecule has 0 aliphatic carbocycles. The molecular formula is C2H6BNaO2. The Hall–Kier alpha value is 0.535. The van der Waals surface area contributed by atoms with Gasteiger partial charge >= 0.3 is 29.6 Å². The molecule has 0 aromatic rings. The first-order valence-electron chi connectivity index (χ1n) is 0.908. The molecule has 2 nitrogen and oxygen atoms in total. The zero-order valence-corrected chi connectivity index (χ0v) is 5.32. The Kier molecular flexibility index (Phi) is 24.3. The molecule has 0 bridgehead atoms. The summed E-state index contributed by atoms with van der Waals surface area (Å²) in [4.78, 5) is 8.89. The minimum absolute atomic E-state index is 0. The molecule has 0 amide bonds. The molecule has 0 aliphatic rings. The van der Waals surface area contributed by atoms with Gasteiger partial charge in [0, 0.05) is 5.97 Å². The normalized spacial score (nSPS) is 4.17. The summed E-state index contributed by atoms with van der Waals surface area (Å²) in [5.41, 5.74) is 0. The van der Waals surface area contributed by atoms with Gasteiger partial charge in [-0.25, -0.2) is 0 Å². The van der Waals surface area contributed by atoms with Crippen LogP contribution in [0.4, 0.5) is 0 Å². The number of carboxylic acid groups (broad SMARTS) is 1. The van der Waals surface area contributed by atoms with Crippen LogP contribution in [0.3, 0.4) is 0 Å². The van der Waals surface area contributed by atoms with Crippen molar-refractivity contribution in [1.82, 2.24) is 0 Å². The summed E-state index contributed by atoms with van der Waals surface area (Å²) in [5.74, 6) is -1.08. The maximum Gasteiger partial charge on any atom is 1.00 e. The summed E-state index contributed by atoms with van der Waals surface area (Å²) < 4.78 is 0. The Morgan fingerprint density at radius 3 is 1.67 bits per heavy atom. The molecule has 0 aliphatic heterocycles. The number of carboxylic acids is 1. The van der Waals surface area contributed by atoms with Crippen molar-refractivity contribution in [2.24, 2.45) is 0 Å². The van der Waals surface area contributed by atoms with Gasteiger partial charge in [0.1, 0.15) is 0 Å². The average molecular weight is 95.9 g/mol. The van der Waals surface area contributed by atoms with Crippen LogP contribution >= 0.6 is 0 Å². The number of hydrogen-bond acceptors (Lipinski definition) is 2. The first kappa shape index (κ1) is 16.0. The Morgan fingerprint density at radius 2 is 1.67 bits per heavy atom. The molecule has 0 fully saturated rings. The smallest absolute Gasteiger partial charge is 0.550 e. The van der Waals surface area contributed by atoms with Gasteiger partial charge in [-0.3, -0.25) is 0 Å². The van der Waals surface area contributed by atoms with Crippen molar-refractivity contribution in [3.05, 3.63) is 0 Å². The van der Waals surface area contributed by atoms with Crippen molar-refractivity contribution in [2.75, 3.05) is 0 Å². The molecule has 0 heterocycles. The number of rotatable bonds is 0. The fraction of sp³-hybridized carbons (Fsp3) is 0.500. The van der Waals surface area contributed by atoms with Crippen LogP contribution in [0.25, 0.3) is 0 Å². The summed E-state index contributed by atoms with van der Waals surface area (Å²) in [5, 5.41) is 8.89. The summed E-state index contributed by atoms with van der Waals surface area (Å²) in [7, 11) is 0. The molecule has 30 valence electrons. The van der Waals surface area contributed by atoms with Gasteiger partial charge in [0.25, 0.3) is 0 Å². The van der Waals surface area contributed by atoms with Crippen LogP contribution in [-0.2, 0) is 4.79 Å². The van der Waals surface area contributed by atoms with Crippen molar-refractivity contribution >= 4 is 14.4 Å². The van der Waals surface area contributed by atoms with Gasteiger partial charge in [0.15, 0.2) is 0 Å². The molecule has 0 unspecified atom stereocenters. The molecule has 6 heavy (non-hydrogen) atoms. The van der Waals surface area contributed by atoms with E-state index >= 15 is 0 Å². The molecule has 4 heteroatoms. The number of hydrogen-bond donors (Lipinski definition) is 0. The van der Waals surface area contributed by atoms with Crippen LogP contribution in [0, 0.1) is 0 Å². The largest absolute Gasteiger partial charge is 1.00 e. The summed E-state index contributed by atoms with van der Waals surface area (Å²) in [6.45, 7) is 0.972. The fourth-order valence-corrected chi connectivity index (χ4v) is 0. The van der Waals surface area contributed by atoms with Crippen molar-refractivity contribution in [2.45, 2.75) is 6.92 Å². The first-order valence-corrected chi connectivity index (χ1v) is 0.908. The van der Waals surface area contributed by atoms with Crippen LogP contribution in [0.1, 0.15) is 6.92 Å². The van der Waals surface area contributed by atoms with Crippen LogP contribution in [0.5, 0.6) is 0 Å². The number of carbonyl (C=O) groups excluding carboxylic acids is 1. The summed E-state index contributed by atoms with van der Waals surface area (Å²) >= 11 is 0. The predicted molar refractivity (Wildman–Crippen MR) is 20.6 cm³/mol. The zero-order chi connectivity index (χ0) is 3.58. The number of carbonyl (C=O) groups is 1. The maximum atomic E-state index is 8.89. The summed E-state index contributed by atoms with van der Waals surface area (Å²) in [6.07, 6.45) is 0. The molecule has 0 rings (SSSR count). The third-order valence-electron chi connectivity index (χ3n) is 0. The van der Waals surface area contributed by atoms with Gasteiger partial charge < -0.3 is 9.90 Å². The van der Waals surface area contributed by atoms with Gasteiger partial charge in [0.2, 0.25) is 0 Å². The SMILES string of the molecule is B.CC(=O)[O-].[Na+]. The van der Waals surface area contributed by atoms with E-state index in [1.54, 1.807) is 0 Å². The van der Waals surface area contributed by atoms with E-state index in [2.05, 4.69) is 0 Å². The van der Waals surface area contributed by atoms with E-state index in [4.69, 9.17) is 9.90 Å². The van der Waals surface area contributed by atoms with Gasteiger partial charge in [-0.2, -0.15) is 0 Å². The standard InChI is InChI=1S/C2H4O2.BH3.Na/c1-2(3)4;;/h1H3,(H,3,4);1H3;/q;;+1/p-1. The topological polar surface area (TPSA) is 40.1 Å². The second-order valence-corrected chi connectivity index (χ2v) is 0.492. The van der Waals surface area contributed by atoms with Crippen molar-refractivity contribution in [3.8, 4) is 0 Å². The quantitative estimate of drug-likeness (QED) is 0.282. The van der Waals surface area contributed by atoms with Crippen LogP contribution in [0.15, 0.2) is 0 Å². The van der Waals surface area contributed by atoms with Crippen LogP contribution < -0.4 is 34.7 Å².